The van der Waals surface area contributed by atoms with Crippen LogP contribution >= 0.6 is 11.6 Å². The molecule has 2 rings (SSSR count). The normalized spacial score (nSPS) is 16.8. The van der Waals surface area contributed by atoms with Crippen LogP contribution in [0.1, 0.15) is 24.8 Å². The highest BCUT2D eigenvalue weighted by molar-refractivity contribution is 6.31. The molecule has 5 nitrogen and oxygen atoms in total. The fourth-order valence-electron chi connectivity index (χ4n) is 3.10. The van der Waals surface area contributed by atoms with Gasteiger partial charge in [0.05, 0.1) is 0 Å². The third kappa shape index (κ3) is 7.22. The number of nitrogens with zero attached hydrogens (tertiary/aromatic N) is 2. The number of benzene rings is 1. The van der Waals surface area contributed by atoms with Gasteiger partial charge in [-0.25, -0.2) is 0 Å². The van der Waals surface area contributed by atoms with Crippen LogP contribution in [0, 0.1) is 5.92 Å². The number of piperidine rings is 1. The van der Waals surface area contributed by atoms with E-state index in [2.05, 4.69) is 32.7 Å². The molecule has 1 fully saturated rings. The molecule has 1 aromatic carbocycles. The fraction of sp³-hybridized carbons (Fsp3) is 0.632. The summed E-state index contributed by atoms with van der Waals surface area (Å²) in [7, 11) is 3.54. The van der Waals surface area contributed by atoms with Crippen molar-refractivity contribution in [2.75, 3.05) is 46.9 Å². The van der Waals surface area contributed by atoms with Gasteiger partial charge < -0.3 is 15.4 Å². The van der Waals surface area contributed by atoms with Crippen molar-refractivity contribution in [2.45, 2.75) is 25.8 Å². The van der Waals surface area contributed by atoms with Gasteiger partial charge in [-0.1, -0.05) is 29.8 Å². The van der Waals surface area contributed by atoms with Crippen molar-refractivity contribution in [3.63, 3.8) is 0 Å². The van der Waals surface area contributed by atoms with Gasteiger partial charge in [-0.15, -0.1) is 0 Å². The van der Waals surface area contributed by atoms with Crippen LogP contribution in [-0.4, -0.2) is 57.8 Å². The first-order valence-corrected chi connectivity index (χ1v) is 9.50. The van der Waals surface area contributed by atoms with E-state index in [4.69, 9.17) is 16.3 Å². The Bertz CT molecular complexity index is 530. The third-order valence-electron chi connectivity index (χ3n) is 4.66. The molecule has 0 amide bonds. The zero-order chi connectivity index (χ0) is 17.9. The van der Waals surface area contributed by atoms with Crippen molar-refractivity contribution in [1.29, 1.82) is 0 Å². The first kappa shape index (κ1) is 20.0. The Labute approximate surface area is 156 Å². The number of likely N-dealkylation sites (tertiary alicyclic amines) is 1. The highest BCUT2D eigenvalue weighted by atomic mass is 35.5. The van der Waals surface area contributed by atoms with Crippen molar-refractivity contribution < 1.29 is 4.74 Å². The summed E-state index contributed by atoms with van der Waals surface area (Å²) in [5.74, 6) is 1.58. The zero-order valence-corrected chi connectivity index (χ0v) is 16.2. The molecular weight excluding hydrogens is 336 g/mol. The molecule has 0 spiro atoms. The average Bonchev–Trinajstić information content (AvgIpc) is 2.64. The highest BCUT2D eigenvalue weighted by Crippen LogP contribution is 2.21. The molecule has 0 saturated carbocycles. The maximum absolute atomic E-state index is 6.27. The summed E-state index contributed by atoms with van der Waals surface area (Å²) >= 11 is 6.27. The van der Waals surface area contributed by atoms with Gasteiger partial charge >= 0.3 is 0 Å². The van der Waals surface area contributed by atoms with Crippen LogP contribution in [0.3, 0.4) is 0 Å². The molecule has 0 atom stereocenters. The Morgan fingerprint density at radius 3 is 2.72 bits per heavy atom. The SMILES string of the molecule is CN=C(NCCCOC)NCC1CCN(Cc2ccccc2Cl)CC1. The van der Waals surface area contributed by atoms with Crippen molar-refractivity contribution >= 4 is 17.6 Å². The summed E-state index contributed by atoms with van der Waals surface area (Å²) in [5, 5.41) is 7.64. The predicted octanol–water partition coefficient (Wildman–Crippen LogP) is 2.75. The molecule has 0 aromatic heterocycles. The summed E-state index contributed by atoms with van der Waals surface area (Å²) in [6, 6.07) is 8.14. The summed E-state index contributed by atoms with van der Waals surface area (Å²) in [5.41, 5.74) is 1.22. The third-order valence-corrected chi connectivity index (χ3v) is 5.03. The Morgan fingerprint density at radius 2 is 2.04 bits per heavy atom. The van der Waals surface area contributed by atoms with E-state index in [1.165, 1.54) is 18.4 Å². The molecule has 0 aliphatic carbocycles. The molecule has 0 radical (unpaired) electrons. The Kier molecular flexibility index (Phi) is 9.08. The van der Waals surface area contributed by atoms with Crippen LogP contribution in [0.15, 0.2) is 29.3 Å². The van der Waals surface area contributed by atoms with E-state index in [-0.39, 0.29) is 0 Å². The van der Waals surface area contributed by atoms with Crippen molar-refractivity contribution in [2.24, 2.45) is 10.9 Å². The first-order valence-electron chi connectivity index (χ1n) is 9.12. The second-order valence-electron chi connectivity index (χ2n) is 6.54. The molecule has 25 heavy (non-hydrogen) atoms. The van der Waals surface area contributed by atoms with E-state index in [0.717, 1.165) is 56.7 Å². The lowest BCUT2D eigenvalue weighted by atomic mass is 9.96. The highest BCUT2D eigenvalue weighted by Gasteiger charge is 2.20. The summed E-state index contributed by atoms with van der Waals surface area (Å²) < 4.78 is 5.06. The van der Waals surface area contributed by atoms with Crippen molar-refractivity contribution in [3.05, 3.63) is 34.9 Å². The molecule has 0 bridgehead atoms. The van der Waals surface area contributed by atoms with E-state index in [1.807, 2.05) is 19.2 Å². The van der Waals surface area contributed by atoms with Gasteiger partial charge in [-0.2, -0.15) is 0 Å². The maximum Gasteiger partial charge on any atom is 0.190 e. The fourth-order valence-corrected chi connectivity index (χ4v) is 3.30. The van der Waals surface area contributed by atoms with Crippen molar-refractivity contribution in [1.82, 2.24) is 15.5 Å². The standard InChI is InChI=1S/C19H31ClN4O/c1-21-19(22-10-5-13-25-2)23-14-16-8-11-24(12-9-16)15-17-6-3-4-7-18(17)20/h3-4,6-7,16H,5,8-15H2,1-2H3,(H2,21,22,23). The largest absolute Gasteiger partial charge is 0.385 e. The van der Waals surface area contributed by atoms with E-state index in [9.17, 15) is 0 Å². The number of rotatable bonds is 8. The minimum atomic E-state index is 0.694. The molecule has 1 heterocycles. The number of ether oxygens (including phenoxy) is 1. The van der Waals surface area contributed by atoms with Gasteiger partial charge in [0.1, 0.15) is 0 Å². The minimum Gasteiger partial charge on any atom is -0.385 e. The van der Waals surface area contributed by atoms with Crippen LogP contribution in [0.5, 0.6) is 0 Å². The number of hydrogen-bond acceptors (Lipinski definition) is 3. The molecule has 1 aliphatic rings. The quantitative estimate of drug-likeness (QED) is 0.422. The Balaban J connectivity index is 1.65. The number of hydrogen-bond donors (Lipinski definition) is 2. The maximum atomic E-state index is 6.27. The molecule has 1 aromatic rings. The number of guanidine groups is 1. The molecule has 1 aliphatic heterocycles. The van der Waals surface area contributed by atoms with E-state index >= 15 is 0 Å². The van der Waals surface area contributed by atoms with Gasteiger partial charge in [0.2, 0.25) is 0 Å². The summed E-state index contributed by atoms with van der Waals surface area (Å²) in [6.07, 6.45) is 3.40. The van der Waals surface area contributed by atoms with Crippen LogP contribution in [0.25, 0.3) is 0 Å². The minimum absolute atomic E-state index is 0.694. The second-order valence-corrected chi connectivity index (χ2v) is 6.94. The number of nitrogens with one attached hydrogen (secondary N) is 2. The smallest absolute Gasteiger partial charge is 0.190 e. The van der Waals surface area contributed by atoms with Crippen LogP contribution in [0.2, 0.25) is 5.02 Å². The summed E-state index contributed by atoms with van der Waals surface area (Å²) in [4.78, 5) is 6.77. The van der Waals surface area contributed by atoms with E-state index in [0.29, 0.717) is 5.92 Å². The molecule has 1 saturated heterocycles. The lowest BCUT2D eigenvalue weighted by molar-refractivity contribution is 0.178. The van der Waals surface area contributed by atoms with Crippen LogP contribution in [0.4, 0.5) is 0 Å². The predicted molar refractivity (Wildman–Crippen MR) is 105 cm³/mol. The van der Waals surface area contributed by atoms with Crippen LogP contribution in [-0.2, 0) is 11.3 Å². The Morgan fingerprint density at radius 1 is 1.28 bits per heavy atom. The van der Waals surface area contributed by atoms with Crippen LogP contribution < -0.4 is 10.6 Å². The lowest BCUT2D eigenvalue weighted by Gasteiger charge is -2.32. The lowest BCUT2D eigenvalue weighted by Crippen LogP contribution is -2.43. The molecule has 6 heteroatoms. The number of methoxy groups -OCH3 is 1. The summed E-state index contributed by atoms with van der Waals surface area (Å²) in [6.45, 7) is 5.82. The average molecular weight is 367 g/mol. The molecular formula is C19H31ClN4O. The number of halogens is 1. The molecule has 0 unspecified atom stereocenters. The van der Waals surface area contributed by atoms with Gasteiger partial charge in [0, 0.05) is 45.4 Å². The molecule has 140 valence electrons. The number of aliphatic imine (C=N–C) groups is 1. The van der Waals surface area contributed by atoms with Crippen molar-refractivity contribution in [3.8, 4) is 0 Å². The van der Waals surface area contributed by atoms with E-state index < -0.39 is 0 Å². The monoisotopic (exact) mass is 366 g/mol. The van der Waals surface area contributed by atoms with E-state index in [1.54, 1.807) is 7.11 Å². The van der Waals surface area contributed by atoms with Gasteiger partial charge in [-0.05, 0) is 49.9 Å². The first-order chi connectivity index (χ1) is 12.2. The topological polar surface area (TPSA) is 48.9 Å². The van der Waals surface area contributed by atoms with Gasteiger partial charge in [0.25, 0.3) is 0 Å². The second kappa shape index (κ2) is 11.3. The molecule has 2 N–H and O–H groups in total. The van der Waals surface area contributed by atoms with Gasteiger partial charge in [0.15, 0.2) is 5.96 Å². The zero-order valence-electron chi connectivity index (χ0n) is 15.4. The Hall–Kier alpha value is -1.30. The van der Waals surface area contributed by atoms with Gasteiger partial charge in [-0.3, -0.25) is 9.89 Å².